The molecule has 3 nitrogen and oxygen atoms in total. The number of hydrogen-bond donors (Lipinski definition) is 3. The average Bonchev–Trinajstić information content (AvgIpc) is 2.49. The lowest BCUT2D eigenvalue weighted by atomic mass is 9.64. The minimum atomic E-state index is -0.507. The van der Waals surface area contributed by atoms with Crippen molar-refractivity contribution in [1.29, 1.82) is 0 Å². The van der Waals surface area contributed by atoms with Crippen molar-refractivity contribution >= 4 is 0 Å². The van der Waals surface area contributed by atoms with Crippen molar-refractivity contribution < 1.29 is 10.2 Å². The summed E-state index contributed by atoms with van der Waals surface area (Å²) in [5, 5.41) is 23.7. The van der Waals surface area contributed by atoms with E-state index < -0.39 is 5.60 Å². The Labute approximate surface area is 105 Å². The first-order valence-corrected chi connectivity index (χ1v) is 7.08. The Morgan fingerprint density at radius 2 is 1.71 bits per heavy atom. The molecule has 3 N–H and O–H groups in total. The Morgan fingerprint density at radius 1 is 1.12 bits per heavy atom. The fourth-order valence-corrected chi connectivity index (χ4v) is 3.13. The van der Waals surface area contributed by atoms with Gasteiger partial charge in [-0.15, -0.1) is 0 Å². The van der Waals surface area contributed by atoms with Gasteiger partial charge in [-0.25, -0.2) is 0 Å². The Hall–Kier alpha value is -0.120. The number of hydrogen-bond acceptors (Lipinski definition) is 3. The van der Waals surface area contributed by atoms with Crippen LogP contribution in [-0.4, -0.2) is 34.5 Å². The lowest BCUT2D eigenvalue weighted by molar-refractivity contribution is -0.0813. The van der Waals surface area contributed by atoms with Crippen LogP contribution in [0.25, 0.3) is 0 Å². The minimum Gasteiger partial charge on any atom is -0.392 e. The summed E-state index contributed by atoms with van der Waals surface area (Å²) in [5.41, 5.74) is -0.547. The molecule has 2 aliphatic carbocycles. The largest absolute Gasteiger partial charge is 0.392 e. The molecule has 0 spiro atoms. The summed E-state index contributed by atoms with van der Waals surface area (Å²) in [6.07, 6.45) is 7.30. The molecule has 3 heteroatoms. The fraction of sp³-hybridized carbons (Fsp3) is 1.00. The van der Waals surface area contributed by atoms with E-state index >= 15 is 0 Å². The summed E-state index contributed by atoms with van der Waals surface area (Å²) in [5.74, 6) is 0. The molecule has 0 amide bonds. The van der Waals surface area contributed by atoms with E-state index in [1.807, 2.05) is 0 Å². The van der Waals surface area contributed by atoms with E-state index in [0.717, 1.165) is 32.1 Å². The van der Waals surface area contributed by atoms with Crippen molar-refractivity contribution in [2.24, 2.45) is 5.41 Å². The Bertz CT molecular complexity index is 257. The summed E-state index contributed by atoms with van der Waals surface area (Å²) >= 11 is 0. The molecular formula is C14H27NO2. The Kier molecular flexibility index (Phi) is 3.81. The molecule has 2 saturated carbocycles. The lowest BCUT2D eigenvalue weighted by Crippen LogP contribution is -2.62. The summed E-state index contributed by atoms with van der Waals surface area (Å²) in [4.78, 5) is 0. The summed E-state index contributed by atoms with van der Waals surface area (Å²) in [6.45, 7) is 4.87. The number of nitrogens with one attached hydrogen (secondary N) is 1. The quantitative estimate of drug-likeness (QED) is 0.661. The van der Waals surface area contributed by atoms with Crippen LogP contribution in [0.5, 0.6) is 0 Å². The van der Waals surface area contributed by atoms with Crippen LogP contribution < -0.4 is 5.32 Å². The zero-order valence-corrected chi connectivity index (χ0v) is 11.2. The molecule has 0 aromatic rings. The molecule has 2 aliphatic rings. The zero-order chi connectivity index (χ0) is 12.5. The van der Waals surface area contributed by atoms with Crippen LogP contribution in [-0.2, 0) is 0 Å². The molecule has 2 fully saturated rings. The van der Waals surface area contributed by atoms with Gasteiger partial charge in [-0.05, 0) is 19.3 Å². The van der Waals surface area contributed by atoms with Gasteiger partial charge in [0.25, 0.3) is 0 Å². The van der Waals surface area contributed by atoms with Gasteiger partial charge in [0.1, 0.15) is 0 Å². The highest BCUT2D eigenvalue weighted by Gasteiger charge is 2.47. The van der Waals surface area contributed by atoms with Crippen molar-refractivity contribution in [3.63, 3.8) is 0 Å². The third-order valence-electron chi connectivity index (χ3n) is 4.93. The van der Waals surface area contributed by atoms with E-state index in [0.29, 0.717) is 12.6 Å². The molecule has 2 unspecified atom stereocenters. The predicted molar refractivity (Wildman–Crippen MR) is 68.8 cm³/mol. The first-order valence-electron chi connectivity index (χ1n) is 7.08. The monoisotopic (exact) mass is 241 g/mol. The molecular weight excluding hydrogens is 214 g/mol. The van der Waals surface area contributed by atoms with Gasteiger partial charge in [-0.1, -0.05) is 39.5 Å². The second kappa shape index (κ2) is 4.87. The molecule has 0 aromatic heterocycles. The topological polar surface area (TPSA) is 52.5 Å². The van der Waals surface area contributed by atoms with Gasteiger partial charge >= 0.3 is 0 Å². The van der Waals surface area contributed by atoms with Gasteiger partial charge in [0.15, 0.2) is 0 Å². The van der Waals surface area contributed by atoms with Crippen molar-refractivity contribution in [2.75, 3.05) is 6.54 Å². The number of aliphatic hydroxyl groups is 2. The van der Waals surface area contributed by atoms with E-state index in [-0.39, 0.29) is 11.5 Å². The first kappa shape index (κ1) is 13.3. The zero-order valence-electron chi connectivity index (χ0n) is 11.2. The molecule has 0 bridgehead atoms. The van der Waals surface area contributed by atoms with Crippen LogP contribution in [0.15, 0.2) is 0 Å². The van der Waals surface area contributed by atoms with Crippen LogP contribution in [0.3, 0.4) is 0 Å². The Morgan fingerprint density at radius 3 is 2.18 bits per heavy atom. The molecule has 0 radical (unpaired) electrons. The maximum atomic E-state index is 10.5. The van der Waals surface area contributed by atoms with Gasteiger partial charge in [-0.2, -0.15) is 0 Å². The predicted octanol–water partition coefficient (Wildman–Crippen LogP) is 1.82. The van der Waals surface area contributed by atoms with Crippen LogP contribution in [0.4, 0.5) is 0 Å². The molecule has 2 rings (SSSR count). The second-order valence-corrected chi connectivity index (χ2v) is 6.64. The van der Waals surface area contributed by atoms with E-state index in [1.165, 1.54) is 12.8 Å². The SMILES string of the molecule is CC1(C)C(O)CC1NCC1(O)CCCCCC1. The smallest absolute Gasteiger partial charge is 0.0771 e. The van der Waals surface area contributed by atoms with E-state index in [1.54, 1.807) is 0 Å². The molecule has 0 aromatic carbocycles. The second-order valence-electron chi connectivity index (χ2n) is 6.64. The standard InChI is InChI=1S/C14H27NO2/c1-13(2)11(9-12(13)16)15-10-14(17)7-5-3-4-6-8-14/h11-12,15-17H,3-10H2,1-2H3. The fourth-order valence-electron chi connectivity index (χ4n) is 3.13. The molecule has 100 valence electrons. The van der Waals surface area contributed by atoms with Crippen molar-refractivity contribution in [2.45, 2.75) is 76.5 Å². The van der Waals surface area contributed by atoms with Crippen molar-refractivity contribution in [3.05, 3.63) is 0 Å². The van der Waals surface area contributed by atoms with E-state index in [4.69, 9.17) is 0 Å². The van der Waals surface area contributed by atoms with Crippen LogP contribution in [0.2, 0.25) is 0 Å². The van der Waals surface area contributed by atoms with E-state index in [2.05, 4.69) is 19.2 Å². The Balaban J connectivity index is 1.81. The van der Waals surface area contributed by atoms with Crippen molar-refractivity contribution in [3.8, 4) is 0 Å². The summed E-state index contributed by atoms with van der Waals surface area (Å²) < 4.78 is 0. The maximum absolute atomic E-state index is 10.5. The molecule has 2 atom stereocenters. The van der Waals surface area contributed by atoms with Crippen LogP contribution in [0, 0.1) is 5.41 Å². The van der Waals surface area contributed by atoms with Gasteiger partial charge in [0, 0.05) is 18.0 Å². The van der Waals surface area contributed by atoms with Gasteiger partial charge in [0.05, 0.1) is 11.7 Å². The van der Waals surface area contributed by atoms with Crippen LogP contribution >= 0.6 is 0 Å². The molecule has 0 aliphatic heterocycles. The van der Waals surface area contributed by atoms with Crippen LogP contribution in [0.1, 0.15) is 58.8 Å². The average molecular weight is 241 g/mol. The first-order chi connectivity index (χ1) is 7.94. The highest BCUT2D eigenvalue weighted by Crippen LogP contribution is 2.40. The van der Waals surface area contributed by atoms with E-state index in [9.17, 15) is 10.2 Å². The minimum absolute atomic E-state index is 0.0406. The normalized spacial score (nSPS) is 36.0. The highest BCUT2D eigenvalue weighted by molar-refractivity contribution is 5.02. The van der Waals surface area contributed by atoms with Crippen molar-refractivity contribution in [1.82, 2.24) is 5.32 Å². The highest BCUT2D eigenvalue weighted by atomic mass is 16.3. The van der Waals surface area contributed by atoms with Gasteiger partial charge in [0.2, 0.25) is 0 Å². The molecule has 0 saturated heterocycles. The summed E-state index contributed by atoms with van der Waals surface area (Å²) in [7, 11) is 0. The number of aliphatic hydroxyl groups excluding tert-OH is 1. The molecule has 17 heavy (non-hydrogen) atoms. The lowest BCUT2D eigenvalue weighted by Gasteiger charge is -2.50. The third-order valence-corrected chi connectivity index (χ3v) is 4.93. The van der Waals surface area contributed by atoms with Gasteiger partial charge in [-0.3, -0.25) is 0 Å². The summed E-state index contributed by atoms with van der Waals surface area (Å²) in [6, 6.07) is 0.352. The number of rotatable bonds is 3. The molecule has 0 heterocycles. The maximum Gasteiger partial charge on any atom is 0.0771 e. The third kappa shape index (κ3) is 2.83. The van der Waals surface area contributed by atoms with Gasteiger partial charge < -0.3 is 15.5 Å².